The molecule has 20 heavy (non-hydrogen) atoms. The molecule has 110 valence electrons. The number of hydrogen-bond acceptors (Lipinski definition) is 5. The van der Waals surface area contributed by atoms with Crippen molar-refractivity contribution in [2.24, 2.45) is 5.92 Å². The van der Waals surface area contributed by atoms with Crippen molar-refractivity contribution in [3.63, 3.8) is 0 Å². The number of sulfonamides is 1. The third-order valence-electron chi connectivity index (χ3n) is 3.35. The molecule has 0 aliphatic heterocycles. The van der Waals surface area contributed by atoms with E-state index in [9.17, 15) is 18.5 Å². The van der Waals surface area contributed by atoms with Crippen molar-refractivity contribution in [3.05, 3.63) is 27.8 Å². The number of nitrogens with zero attached hydrogens (tertiary/aromatic N) is 1. The van der Waals surface area contributed by atoms with Crippen LogP contribution in [0.25, 0.3) is 0 Å². The van der Waals surface area contributed by atoms with Gasteiger partial charge in [0.2, 0.25) is 10.0 Å². The largest absolute Gasteiger partial charge is 0.393 e. The molecule has 8 heteroatoms. The molecule has 1 aliphatic rings. The van der Waals surface area contributed by atoms with Gasteiger partial charge in [-0.3, -0.25) is 10.1 Å². The second kappa shape index (κ2) is 5.37. The number of nitrogen functional groups attached to an aromatic ring is 1. The van der Waals surface area contributed by atoms with Gasteiger partial charge in [0, 0.05) is 12.6 Å². The maximum absolute atomic E-state index is 12.2. The molecule has 0 atom stereocenters. The maximum Gasteiger partial charge on any atom is 0.293 e. The van der Waals surface area contributed by atoms with Crippen molar-refractivity contribution in [1.82, 2.24) is 4.72 Å². The van der Waals surface area contributed by atoms with Gasteiger partial charge < -0.3 is 5.73 Å². The van der Waals surface area contributed by atoms with E-state index in [1.54, 1.807) is 6.92 Å². The average Bonchev–Trinajstić information content (AvgIpc) is 3.11. The monoisotopic (exact) mass is 299 g/mol. The fourth-order valence-electron chi connectivity index (χ4n) is 2.03. The number of hydrogen-bond donors (Lipinski definition) is 2. The molecule has 1 aromatic carbocycles. The first-order valence-electron chi connectivity index (χ1n) is 6.35. The van der Waals surface area contributed by atoms with Gasteiger partial charge in [0.05, 0.1) is 9.82 Å². The van der Waals surface area contributed by atoms with Gasteiger partial charge in [0.1, 0.15) is 5.69 Å². The number of nitro groups is 1. The van der Waals surface area contributed by atoms with Gasteiger partial charge in [0.15, 0.2) is 0 Å². The molecule has 0 saturated heterocycles. The van der Waals surface area contributed by atoms with E-state index < -0.39 is 20.6 Å². The van der Waals surface area contributed by atoms with Crippen LogP contribution in [0.1, 0.15) is 24.8 Å². The van der Waals surface area contributed by atoms with E-state index in [2.05, 4.69) is 4.72 Å². The van der Waals surface area contributed by atoms with Crippen LogP contribution in [-0.4, -0.2) is 19.9 Å². The van der Waals surface area contributed by atoms with Gasteiger partial charge in [0.25, 0.3) is 5.69 Å². The van der Waals surface area contributed by atoms with Crippen LogP contribution in [0.3, 0.4) is 0 Å². The summed E-state index contributed by atoms with van der Waals surface area (Å²) in [5.74, 6) is 0.611. The predicted octanol–water partition coefficient (Wildman–Crippen LogP) is 1.56. The first kappa shape index (κ1) is 14.7. The van der Waals surface area contributed by atoms with E-state index in [0.29, 0.717) is 18.0 Å². The summed E-state index contributed by atoms with van der Waals surface area (Å²) in [5, 5.41) is 10.8. The van der Waals surface area contributed by atoms with Crippen molar-refractivity contribution >= 4 is 21.4 Å². The molecule has 7 nitrogen and oxygen atoms in total. The summed E-state index contributed by atoms with van der Waals surface area (Å²) >= 11 is 0. The van der Waals surface area contributed by atoms with Gasteiger partial charge in [-0.05, 0) is 30.9 Å². The Morgan fingerprint density at radius 3 is 2.65 bits per heavy atom. The van der Waals surface area contributed by atoms with E-state index in [1.165, 1.54) is 6.07 Å². The minimum atomic E-state index is -3.74. The quantitative estimate of drug-likeness (QED) is 0.470. The van der Waals surface area contributed by atoms with Crippen molar-refractivity contribution < 1.29 is 13.3 Å². The summed E-state index contributed by atoms with van der Waals surface area (Å²) < 4.78 is 26.8. The molecule has 1 fully saturated rings. The zero-order valence-electron chi connectivity index (χ0n) is 11.1. The molecule has 0 amide bonds. The van der Waals surface area contributed by atoms with Gasteiger partial charge in [-0.2, -0.15) is 0 Å². The molecule has 1 aliphatic carbocycles. The summed E-state index contributed by atoms with van der Waals surface area (Å²) in [6.07, 6.45) is 3.09. The number of benzene rings is 1. The molecule has 1 saturated carbocycles. The Hall–Kier alpha value is -1.67. The third-order valence-corrected chi connectivity index (χ3v) is 4.96. The molecule has 3 N–H and O–H groups in total. The highest BCUT2D eigenvalue weighted by atomic mass is 32.2. The lowest BCUT2D eigenvalue weighted by molar-refractivity contribution is -0.384. The average molecular weight is 299 g/mol. The normalized spacial score (nSPS) is 15.2. The van der Waals surface area contributed by atoms with Crippen molar-refractivity contribution in [1.29, 1.82) is 0 Å². The Morgan fingerprint density at radius 2 is 2.10 bits per heavy atom. The van der Waals surface area contributed by atoms with E-state index in [-0.39, 0.29) is 10.6 Å². The minimum absolute atomic E-state index is 0.0376. The summed E-state index contributed by atoms with van der Waals surface area (Å²) in [7, 11) is -3.74. The highest BCUT2D eigenvalue weighted by Crippen LogP contribution is 2.32. The Balaban J connectivity index is 2.24. The first-order chi connectivity index (χ1) is 9.31. The van der Waals surface area contributed by atoms with Gasteiger partial charge >= 0.3 is 0 Å². The molecular formula is C12H17N3O4S. The number of aryl methyl sites for hydroxylation is 1. The van der Waals surface area contributed by atoms with Gasteiger partial charge in [-0.25, -0.2) is 13.1 Å². The lowest BCUT2D eigenvalue weighted by Crippen LogP contribution is -2.26. The van der Waals surface area contributed by atoms with Gasteiger partial charge in [-0.15, -0.1) is 0 Å². The molecule has 0 heterocycles. The second-order valence-corrected chi connectivity index (χ2v) is 6.80. The van der Waals surface area contributed by atoms with Crippen molar-refractivity contribution in [3.8, 4) is 0 Å². The van der Waals surface area contributed by atoms with Crippen LogP contribution in [0.15, 0.2) is 17.0 Å². The Bertz CT molecular complexity index is 638. The van der Waals surface area contributed by atoms with Crippen LogP contribution < -0.4 is 10.5 Å². The van der Waals surface area contributed by atoms with E-state index >= 15 is 0 Å². The fraction of sp³-hybridized carbons (Fsp3) is 0.500. The number of nitrogens with two attached hydrogens (primary N) is 1. The lowest BCUT2D eigenvalue weighted by Gasteiger charge is -2.10. The fourth-order valence-corrected chi connectivity index (χ4v) is 3.32. The Morgan fingerprint density at radius 1 is 1.45 bits per heavy atom. The minimum Gasteiger partial charge on any atom is -0.393 e. The zero-order chi connectivity index (χ0) is 14.9. The highest BCUT2D eigenvalue weighted by Gasteiger charge is 2.25. The molecule has 0 spiro atoms. The first-order valence-corrected chi connectivity index (χ1v) is 7.84. The molecule has 1 aromatic rings. The van der Waals surface area contributed by atoms with Crippen molar-refractivity contribution in [2.45, 2.75) is 31.1 Å². The van der Waals surface area contributed by atoms with E-state index in [1.807, 2.05) is 0 Å². The standard InChI is InChI=1S/C12H17N3O4S/c1-8-6-10(13)11(15(16)17)7-12(8)20(18,19)14-5-4-9-2-3-9/h6-7,9,14H,2-5,13H2,1H3. The van der Waals surface area contributed by atoms with Crippen LogP contribution in [0.4, 0.5) is 11.4 Å². The molecule has 0 unspecified atom stereocenters. The van der Waals surface area contributed by atoms with Crippen LogP contribution in [0.5, 0.6) is 0 Å². The van der Waals surface area contributed by atoms with E-state index in [4.69, 9.17) is 5.73 Å². The summed E-state index contributed by atoms with van der Waals surface area (Å²) in [6.45, 7) is 1.92. The van der Waals surface area contributed by atoms with Crippen molar-refractivity contribution in [2.75, 3.05) is 12.3 Å². The highest BCUT2D eigenvalue weighted by molar-refractivity contribution is 7.89. The molecular weight excluding hydrogens is 282 g/mol. The van der Waals surface area contributed by atoms with E-state index in [0.717, 1.165) is 25.3 Å². The Labute approximate surface area is 117 Å². The molecule has 0 aromatic heterocycles. The predicted molar refractivity (Wildman–Crippen MR) is 74.8 cm³/mol. The van der Waals surface area contributed by atoms with Crippen LogP contribution in [-0.2, 0) is 10.0 Å². The second-order valence-electron chi connectivity index (χ2n) is 5.06. The number of rotatable bonds is 6. The number of nitrogens with one attached hydrogen (secondary N) is 1. The number of nitro benzene ring substituents is 1. The molecule has 0 radical (unpaired) electrons. The lowest BCUT2D eigenvalue weighted by atomic mass is 10.2. The molecule has 2 rings (SSSR count). The van der Waals surface area contributed by atoms with Gasteiger partial charge in [-0.1, -0.05) is 12.8 Å². The smallest absolute Gasteiger partial charge is 0.293 e. The number of anilines is 1. The SMILES string of the molecule is Cc1cc(N)c([N+](=O)[O-])cc1S(=O)(=O)NCCC1CC1. The molecule has 0 bridgehead atoms. The summed E-state index contributed by atoms with van der Waals surface area (Å²) in [4.78, 5) is 10.1. The van der Waals surface area contributed by atoms with Crippen LogP contribution in [0, 0.1) is 23.0 Å². The maximum atomic E-state index is 12.2. The zero-order valence-corrected chi connectivity index (χ0v) is 11.9. The summed E-state index contributed by atoms with van der Waals surface area (Å²) in [5.41, 5.74) is 5.49. The topological polar surface area (TPSA) is 115 Å². The third kappa shape index (κ3) is 3.26. The summed E-state index contributed by atoms with van der Waals surface area (Å²) in [6, 6.07) is 2.33. The van der Waals surface area contributed by atoms with Crippen LogP contribution >= 0.6 is 0 Å². The Kier molecular flexibility index (Phi) is 3.96. The van der Waals surface area contributed by atoms with Crippen LogP contribution in [0.2, 0.25) is 0 Å².